The van der Waals surface area contributed by atoms with Crippen molar-refractivity contribution in [1.82, 2.24) is 9.29 Å². The molecule has 0 spiro atoms. The van der Waals surface area contributed by atoms with Crippen LogP contribution in [0, 0.1) is 5.92 Å². The molecule has 0 saturated carbocycles. The number of carbonyl (C=O) groups excluding carboxylic acids is 2. The van der Waals surface area contributed by atoms with E-state index in [0.717, 1.165) is 4.31 Å². The number of allylic oxidation sites excluding steroid dienone is 4. The predicted molar refractivity (Wildman–Crippen MR) is 143 cm³/mol. The van der Waals surface area contributed by atoms with E-state index in [1.165, 1.54) is 28.0 Å². The average Bonchev–Trinajstić information content (AvgIpc) is 3.51. The molecule has 0 amide bonds. The summed E-state index contributed by atoms with van der Waals surface area (Å²) in [5.41, 5.74) is 0.260. The number of hydrogen-bond donors (Lipinski definition) is 0. The molecule has 5 rings (SSSR count). The Morgan fingerprint density at radius 3 is 2.58 bits per heavy atom. The summed E-state index contributed by atoms with van der Waals surface area (Å²) in [6.07, 6.45) is 10.2. The molecule has 0 saturated heterocycles. The van der Waals surface area contributed by atoms with Crippen molar-refractivity contribution in [2.75, 3.05) is 0 Å². The van der Waals surface area contributed by atoms with Crippen LogP contribution in [0.5, 0.6) is 0 Å². The first-order valence-corrected chi connectivity index (χ1v) is 14.3. The highest BCUT2D eigenvalue weighted by Crippen LogP contribution is 2.40. The highest BCUT2D eigenvalue weighted by Gasteiger charge is 2.45. The lowest BCUT2D eigenvalue weighted by molar-refractivity contribution is -0.574. The number of nitrogens with zero attached hydrogens (tertiary/aromatic N) is 3. The molecule has 1 atom stereocenters. The Morgan fingerprint density at radius 1 is 1.13 bits per heavy atom. The van der Waals surface area contributed by atoms with Gasteiger partial charge < -0.3 is 4.74 Å². The molecule has 1 aromatic carbocycles. The van der Waals surface area contributed by atoms with Crippen LogP contribution < -0.4 is 4.57 Å². The zero-order valence-electron chi connectivity index (χ0n) is 21.1. The van der Waals surface area contributed by atoms with Crippen LogP contribution in [-0.4, -0.2) is 35.2 Å². The summed E-state index contributed by atoms with van der Waals surface area (Å²) in [5, 5.41) is 2.00. The monoisotopic (exact) mass is 548 g/mol. The SMILES string of the molecule is CC(C)(C)OC(=O)[n+]1c(C(=O)C2=CC3C=CCC=C3N2S(=O)(=O)c2ccccc2)csc1-c1cccnc1. The largest absolute Gasteiger partial charge is 0.604 e. The van der Waals surface area contributed by atoms with Crippen molar-refractivity contribution in [2.45, 2.75) is 37.7 Å². The van der Waals surface area contributed by atoms with Crippen molar-refractivity contribution in [3.63, 3.8) is 0 Å². The second kappa shape index (κ2) is 9.77. The molecule has 10 heteroatoms. The van der Waals surface area contributed by atoms with Gasteiger partial charge in [-0.2, -0.15) is 4.79 Å². The van der Waals surface area contributed by atoms with E-state index in [1.807, 2.05) is 12.2 Å². The first-order valence-electron chi connectivity index (χ1n) is 12.0. The maximum Gasteiger partial charge on any atom is 0.604 e. The topological polar surface area (TPSA) is 97.5 Å². The van der Waals surface area contributed by atoms with Gasteiger partial charge in [0.25, 0.3) is 26.5 Å². The van der Waals surface area contributed by atoms with Crippen LogP contribution in [0.25, 0.3) is 10.6 Å². The van der Waals surface area contributed by atoms with Crippen LogP contribution in [0.15, 0.2) is 101 Å². The molecular formula is C28H26N3O5S2+. The van der Waals surface area contributed by atoms with Crippen molar-refractivity contribution < 1.29 is 27.3 Å². The van der Waals surface area contributed by atoms with Gasteiger partial charge in [-0.05, 0) is 57.5 Å². The second-order valence-electron chi connectivity index (χ2n) is 9.77. The minimum absolute atomic E-state index is 0.00541. The molecule has 1 unspecified atom stereocenters. The Kier molecular flexibility index (Phi) is 6.62. The number of ketones is 1. The number of benzene rings is 1. The lowest BCUT2D eigenvalue weighted by Crippen LogP contribution is -2.51. The number of carbonyl (C=O) groups is 2. The zero-order chi connectivity index (χ0) is 27.1. The van der Waals surface area contributed by atoms with E-state index in [-0.39, 0.29) is 22.2 Å². The minimum atomic E-state index is -4.11. The van der Waals surface area contributed by atoms with Gasteiger partial charge in [-0.25, -0.2) is 12.7 Å². The Bertz CT molecular complexity index is 1600. The molecule has 1 aliphatic carbocycles. The minimum Gasteiger partial charge on any atom is -0.406 e. The van der Waals surface area contributed by atoms with E-state index in [4.69, 9.17) is 4.74 Å². The van der Waals surface area contributed by atoms with Crippen molar-refractivity contribution in [1.29, 1.82) is 0 Å². The van der Waals surface area contributed by atoms with Crippen molar-refractivity contribution >= 4 is 33.2 Å². The van der Waals surface area contributed by atoms with E-state index in [0.29, 0.717) is 22.7 Å². The molecule has 0 radical (unpaired) electrons. The molecule has 3 heterocycles. The third-order valence-electron chi connectivity index (χ3n) is 5.90. The van der Waals surface area contributed by atoms with Crippen LogP contribution in [0.4, 0.5) is 4.79 Å². The molecule has 2 aromatic heterocycles. The Labute approximate surface area is 225 Å². The number of pyridine rings is 1. The van der Waals surface area contributed by atoms with E-state index < -0.39 is 27.5 Å². The van der Waals surface area contributed by atoms with Gasteiger partial charge in [0.2, 0.25) is 0 Å². The van der Waals surface area contributed by atoms with Gasteiger partial charge in [-0.1, -0.05) is 52.3 Å². The highest BCUT2D eigenvalue weighted by molar-refractivity contribution is 7.89. The maximum atomic E-state index is 14.2. The number of aromatic nitrogens is 2. The number of thiazole rings is 1. The summed E-state index contributed by atoms with van der Waals surface area (Å²) in [7, 11) is -4.11. The second-order valence-corrected chi connectivity index (χ2v) is 12.4. The lowest BCUT2D eigenvalue weighted by atomic mass is 10.0. The van der Waals surface area contributed by atoms with E-state index in [9.17, 15) is 18.0 Å². The summed E-state index contributed by atoms with van der Waals surface area (Å²) in [6, 6.07) is 11.5. The van der Waals surface area contributed by atoms with Crippen LogP contribution >= 0.6 is 11.3 Å². The van der Waals surface area contributed by atoms with Crippen LogP contribution in [0.3, 0.4) is 0 Å². The predicted octanol–water partition coefficient (Wildman–Crippen LogP) is 5.11. The summed E-state index contributed by atoms with van der Waals surface area (Å²) in [6.45, 7) is 5.21. The molecule has 3 aromatic rings. The van der Waals surface area contributed by atoms with Crippen LogP contribution in [-0.2, 0) is 14.8 Å². The zero-order valence-corrected chi connectivity index (χ0v) is 22.7. The highest BCUT2D eigenvalue weighted by atomic mass is 32.2. The molecular weight excluding hydrogens is 522 g/mol. The third kappa shape index (κ3) is 4.72. The first kappa shape index (κ1) is 25.7. The Morgan fingerprint density at radius 2 is 1.89 bits per heavy atom. The maximum absolute atomic E-state index is 14.2. The normalized spacial score (nSPS) is 17.0. The Hall–Kier alpha value is -3.89. The quantitative estimate of drug-likeness (QED) is 0.250. The molecule has 8 nitrogen and oxygen atoms in total. The number of sulfonamides is 1. The molecule has 2 aliphatic rings. The summed E-state index contributed by atoms with van der Waals surface area (Å²) < 4.78 is 35.6. The fourth-order valence-electron chi connectivity index (χ4n) is 4.31. The lowest BCUT2D eigenvalue weighted by Gasteiger charge is -2.25. The van der Waals surface area contributed by atoms with E-state index in [1.54, 1.807) is 81.0 Å². The molecule has 0 bridgehead atoms. The van der Waals surface area contributed by atoms with Crippen LogP contribution in [0.1, 0.15) is 37.7 Å². The van der Waals surface area contributed by atoms with E-state index >= 15 is 0 Å². The van der Waals surface area contributed by atoms with Crippen LogP contribution in [0.2, 0.25) is 0 Å². The summed E-state index contributed by atoms with van der Waals surface area (Å²) in [5.74, 6) is -0.988. The fraction of sp³-hybridized carbons (Fsp3) is 0.214. The molecule has 0 fully saturated rings. The molecule has 0 N–H and O–H groups in total. The third-order valence-corrected chi connectivity index (χ3v) is 8.63. The van der Waals surface area contributed by atoms with Crippen molar-refractivity contribution in [3.05, 3.63) is 102 Å². The van der Waals surface area contributed by atoms with Gasteiger partial charge in [0.1, 0.15) is 11.3 Å². The van der Waals surface area contributed by atoms with Gasteiger partial charge in [-0.15, -0.1) is 0 Å². The molecule has 1 aliphatic heterocycles. The Balaban J connectivity index is 1.65. The fourth-order valence-corrected chi connectivity index (χ4v) is 6.87. The van der Waals surface area contributed by atoms with Crippen molar-refractivity contribution in [3.8, 4) is 10.6 Å². The number of ether oxygens (including phenoxy) is 1. The number of Topliss-reactive ketones (excluding diaryl/α,β-unsaturated/α-hetero) is 1. The van der Waals surface area contributed by atoms with Gasteiger partial charge in [0.05, 0.1) is 15.8 Å². The number of hydrogen-bond acceptors (Lipinski definition) is 7. The van der Waals surface area contributed by atoms with Gasteiger partial charge in [0.15, 0.2) is 0 Å². The number of rotatable bonds is 5. The average molecular weight is 549 g/mol. The summed E-state index contributed by atoms with van der Waals surface area (Å²) in [4.78, 5) is 31.8. The van der Waals surface area contributed by atoms with Crippen molar-refractivity contribution in [2.24, 2.45) is 5.92 Å². The van der Waals surface area contributed by atoms with Gasteiger partial charge in [-0.3, -0.25) is 9.78 Å². The number of fused-ring (bicyclic) bond motifs is 1. The first-order chi connectivity index (χ1) is 18.1. The smallest absolute Gasteiger partial charge is 0.406 e. The standard InChI is InChI=1S/C28H26N3O5S2/c1-28(2,3)36-27(33)30-24(18-37-26(30)20-11-9-15-29-17-20)25(32)23-16-19-10-7-8-14-22(19)31(23)38(34,35)21-12-5-4-6-13-21/h4-7,9-19H,8H2,1-3H3/q+1. The molecule has 38 heavy (non-hydrogen) atoms. The van der Waals surface area contributed by atoms with Gasteiger partial charge >= 0.3 is 6.09 Å². The molecule has 194 valence electrons. The van der Waals surface area contributed by atoms with E-state index in [2.05, 4.69) is 4.98 Å². The van der Waals surface area contributed by atoms with Gasteiger partial charge in [0, 0.05) is 24.0 Å². The summed E-state index contributed by atoms with van der Waals surface area (Å²) >= 11 is 1.18.